The Morgan fingerprint density at radius 1 is 1.30 bits per heavy atom. The molecule has 1 saturated heterocycles. The van der Waals surface area contributed by atoms with E-state index in [1.54, 1.807) is 12.1 Å². The number of anilines is 1. The van der Waals surface area contributed by atoms with Crippen LogP contribution in [0.25, 0.3) is 0 Å². The second-order valence-corrected chi connectivity index (χ2v) is 8.26. The van der Waals surface area contributed by atoms with E-state index in [2.05, 4.69) is 33.4 Å². The van der Waals surface area contributed by atoms with Crippen molar-refractivity contribution in [3.63, 3.8) is 0 Å². The van der Waals surface area contributed by atoms with E-state index in [0.29, 0.717) is 12.3 Å². The van der Waals surface area contributed by atoms with Crippen LogP contribution in [0, 0.1) is 17.7 Å². The number of rotatable bonds is 7. The summed E-state index contributed by atoms with van der Waals surface area (Å²) in [6.45, 7) is 6.74. The number of amides is 1. The Bertz CT molecular complexity index is 739. The predicted molar refractivity (Wildman–Crippen MR) is 107 cm³/mol. The van der Waals surface area contributed by atoms with Crippen molar-refractivity contribution in [3.05, 3.63) is 41.5 Å². The van der Waals surface area contributed by atoms with Crippen LogP contribution in [-0.2, 0) is 11.2 Å². The summed E-state index contributed by atoms with van der Waals surface area (Å²) in [6, 6.07) is 6.44. The molecule has 1 aromatic carbocycles. The van der Waals surface area contributed by atoms with Crippen molar-refractivity contribution in [2.45, 2.75) is 39.5 Å². The van der Waals surface area contributed by atoms with E-state index in [0.717, 1.165) is 55.4 Å². The highest BCUT2D eigenvalue weighted by Crippen LogP contribution is 2.25. The Kier molecular flexibility index (Phi) is 6.77. The molecule has 2 aromatic rings. The van der Waals surface area contributed by atoms with Gasteiger partial charge in [-0.05, 0) is 42.9 Å². The third-order valence-corrected chi connectivity index (χ3v) is 5.70. The molecule has 5 nitrogen and oxygen atoms in total. The van der Waals surface area contributed by atoms with Gasteiger partial charge in [0.15, 0.2) is 0 Å². The van der Waals surface area contributed by atoms with Gasteiger partial charge in [0.1, 0.15) is 11.6 Å². The molecule has 0 unspecified atom stereocenters. The Labute approximate surface area is 164 Å². The number of piperidine rings is 1. The molecule has 1 N–H and O–H groups in total. The van der Waals surface area contributed by atoms with E-state index in [1.807, 2.05) is 0 Å². The average Bonchev–Trinajstić information content (AvgIpc) is 3.12. The Balaban J connectivity index is 1.47. The van der Waals surface area contributed by atoms with Crippen molar-refractivity contribution in [2.24, 2.45) is 11.8 Å². The molecule has 0 spiro atoms. The first kappa shape index (κ1) is 19.7. The van der Waals surface area contributed by atoms with Gasteiger partial charge in [-0.2, -0.15) is 4.37 Å². The molecule has 1 aliphatic heterocycles. The SMILES string of the molecule is CC(C)CCNC(=O)C1CCN(c2nc(Cc3ccc(F)cc3)ns2)CC1. The molecule has 0 bridgehead atoms. The highest BCUT2D eigenvalue weighted by Gasteiger charge is 2.26. The summed E-state index contributed by atoms with van der Waals surface area (Å²) >= 11 is 1.40. The molecule has 1 aromatic heterocycles. The molecule has 1 aliphatic rings. The maximum Gasteiger partial charge on any atom is 0.223 e. The number of halogens is 1. The quantitative estimate of drug-likeness (QED) is 0.784. The number of hydrogen-bond acceptors (Lipinski definition) is 5. The summed E-state index contributed by atoms with van der Waals surface area (Å²) in [7, 11) is 0. The molecule has 27 heavy (non-hydrogen) atoms. The molecule has 7 heteroatoms. The zero-order valence-corrected chi connectivity index (χ0v) is 16.8. The Hall–Kier alpha value is -2.02. The van der Waals surface area contributed by atoms with Crippen molar-refractivity contribution >= 4 is 22.6 Å². The standard InChI is InChI=1S/C20H27FN4OS/c1-14(2)7-10-22-19(26)16-8-11-25(12-9-16)20-23-18(24-27-20)13-15-3-5-17(21)6-4-15/h3-6,14,16H,7-13H2,1-2H3,(H,22,26). The first-order valence-electron chi connectivity index (χ1n) is 9.61. The van der Waals surface area contributed by atoms with Gasteiger partial charge in [-0.25, -0.2) is 9.37 Å². The zero-order valence-electron chi connectivity index (χ0n) is 15.9. The highest BCUT2D eigenvalue weighted by atomic mass is 32.1. The van der Waals surface area contributed by atoms with Crippen molar-refractivity contribution in [3.8, 4) is 0 Å². The van der Waals surface area contributed by atoms with E-state index in [9.17, 15) is 9.18 Å². The Morgan fingerprint density at radius 3 is 2.67 bits per heavy atom. The van der Waals surface area contributed by atoms with Crippen molar-refractivity contribution in [1.29, 1.82) is 0 Å². The lowest BCUT2D eigenvalue weighted by molar-refractivity contribution is -0.125. The van der Waals surface area contributed by atoms with E-state index in [-0.39, 0.29) is 17.6 Å². The second kappa shape index (κ2) is 9.26. The smallest absolute Gasteiger partial charge is 0.223 e. The number of aromatic nitrogens is 2. The fourth-order valence-electron chi connectivity index (χ4n) is 3.19. The van der Waals surface area contributed by atoms with Crippen LogP contribution < -0.4 is 10.2 Å². The minimum Gasteiger partial charge on any atom is -0.356 e. The van der Waals surface area contributed by atoms with E-state index in [1.165, 1.54) is 23.7 Å². The molecular formula is C20H27FN4OS. The molecule has 1 fully saturated rings. The number of nitrogens with one attached hydrogen (secondary N) is 1. The van der Waals surface area contributed by atoms with Crippen LogP contribution in [0.1, 0.15) is 44.5 Å². The first-order valence-corrected chi connectivity index (χ1v) is 10.4. The fourth-order valence-corrected chi connectivity index (χ4v) is 3.93. The lowest BCUT2D eigenvalue weighted by Crippen LogP contribution is -2.41. The Morgan fingerprint density at radius 2 is 2.00 bits per heavy atom. The van der Waals surface area contributed by atoms with E-state index in [4.69, 9.17) is 0 Å². The van der Waals surface area contributed by atoms with Gasteiger partial charge in [0.2, 0.25) is 11.0 Å². The van der Waals surface area contributed by atoms with Gasteiger partial charge < -0.3 is 10.2 Å². The monoisotopic (exact) mass is 390 g/mol. The van der Waals surface area contributed by atoms with Crippen molar-refractivity contribution in [1.82, 2.24) is 14.7 Å². The highest BCUT2D eigenvalue weighted by molar-refractivity contribution is 7.09. The minimum atomic E-state index is -0.234. The van der Waals surface area contributed by atoms with Crippen LogP contribution in [0.3, 0.4) is 0 Å². The van der Waals surface area contributed by atoms with Gasteiger partial charge in [-0.3, -0.25) is 4.79 Å². The lowest BCUT2D eigenvalue weighted by atomic mass is 9.96. The predicted octanol–water partition coefficient (Wildman–Crippen LogP) is 3.65. The van der Waals surface area contributed by atoms with E-state index < -0.39 is 0 Å². The topological polar surface area (TPSA) is 58.1 Å². The van der Waals surface area contributed by atoms with Crippen LogP contribution in [-0.4, -0.2) is 34.9 Å². The van der Waals surface area contributed by atoms with Gasteiger partial charge in [0, 0.05) is 43.5 Å². The lowest BCUT2D eigenvalue weighted by Gasteiger charge is -2.30. The molecular weight excluding hydrogens is 363 g/mol. The van der Waals surface area contributed by atoms with Gasteiger partial charge in [0.25, 0.3) is 0 Å². The van der Waals surface area contributed by atoms with E-state index >= 15 is 0 Å². The van der Waals surface area contributed by atoms with Crippen LogP contribution in [0.4, 0.5) is 9.52 Å². The maximum atomic E-state index is 13.0. The normalized spacial score (nSPS) is 15.3. The summed E-state index contributed by atoms with van der Waals surface area (Å²) in [5, 5.41) is 3.97. The maximum absolute atomic E-state index is 13.0. The summed E-state index contributed by atoms with van der Waals surface area (Å²) in [5.74, 6) is 1.41. The van der Waals surface area contributed by atoms with Gasteiger partial charge in [-0.15, -0.1) is 0 Å². The van der Waals surface area contributed by atoms with Gasteiger partial charge >= 0.3 is 0 Å². The van der Waals surface area contributed by atoms with Crippen LogP contribution >= 0.6 is 11.5 Å². The molecule has 146 valence electrons. The first-order chi connectivity index (χ1) is 13.0. The molecule has 0 saturated carbocycles. The van der Waals surface area contributed by atoms with Gasteiger partial charge in [0.05, 0.1) is 0 Å². The number of carbonyl (C=O) groups is 1. The molecule has 2 heterocycles. The molecule has 0 aliphatic carbocycles. The summed E-state index contributed by atoms with van der Waals surface area (Å²) in [6.07, 6.45) is 3.32. The third-order valence-electron chi connectivity index (χ3n) is 4.89. The van der Waals surface area contributed by atoms with Crippen molar-refractivity contribution in [2.75, 3.05) is 24.5 Å². The summed E-state index contributed by atoms with van der Waals surface area (Å²) in [4.78, 5) is 19.1. The zero-order chi connectivity index (χ0) is 19.2. The second-order valence-electron chi connectivity index (χ2n) is 7.53. The largest absolute Gasteiger partial charge is 0.356 e. The number of carbonyl (C=O) groups excluding carboxylic acids is 1. The van der Waals surface area contributed by atoms with Crippen LogP contribution in [0.5, 0.6) is 0 Å². The summed E-state index contributed by atoms with van der Waals surface area (Å²) in [5.41, 5.74) is 0.998. The van der Waals surface area contributed by atoms with Gasteiger partial charge in [-0.1, -0.05) is 26.0 Å². The molecule has 0 radical (unpaired) electrons. The van der Waals surface area contributed by atoms with Crippen LogP contribution in [0.15, 0.2) is 24.3 Å². The molecule has 3 rings (SSSR count). The minimum absolute atomic E-state index is 0.0972. The molecule has 0 atom stereocenters. The fraction of sp³-hybridized carbons (Fsp3) is 0.550. The summed E-state index contributed by atoms with van der Waals surface area (Å²) < 4.78 is 17.4. The third kappa shape index (κ3) is 5.73. The number of hydrogen-bond donors (Lipinski definition) is 1. The van der Waals surface area contributed by atoms with Crippen LogP contribution in [0.2, 0.25) is 0 Å². The average molecular weight is 391 g/mol. The number of benzene rings is 1. The number of nitrogens with zero attached hydrogens (tertiary/aromatic N) is 3. The van der Waals surface area contributed by atoms with Crippen molar-refractivity contribution < 1.29 is 9.18 Å². The molecule has 1 amide bonds.